The summed E-state index contributed by atoms with van der Waals surface area (Å²) >= 11 is 0. The Bertz CT molecular complexity index is 3370. The summed E-state index contributed by atoms with van der Waals surface area (Å²) in [5.41, 5.74) is 16.5. The maximum absolute atomic E-state index is 2.52. The van der Waals surface area contributed by atoms with E-state index in [0.717, 1.165) is 22.6 Å². The first-order valence-electron chi connectivity index (χ1n) is 21.1. The predicted octanol–water partition coefficient (Wildman–Crippen LogP) is 15.4. The van der Waals surface area contributed by atoms with Gasteiger partial charge in [0.25, 0.3) is 0 Å². The Labute approximate surface area is 355 Å². The van der Waals surface area contributed by atoms with Crippen molar-refractivity contribution in [1.82, 2.24) is 4.57 Å². The van der Waals surface area contributed by atoms with E-state index < -0.39 is 5.41 Å². The van der Waals surface area contributed by atoms with Gasteiger partial charge in [-0.2, -0.15) is 0 Å². The Morgan fingerprint density at radius 3 is 1.74 bits per heavy atom. The third-order valence-corrected chi connectivity index (χ3v) is 12.8. The van der Waals surface area contributed by atoms with Gasteiger partial charge in [-0.15, -0.1) is 0 Å². The summed E-state index contributed by atoms with van der Waals surface area (Å²) in [6.07, 6.45) is 0. The predicted molar refractivity (Wildman–Crippen MR) is 256 cm³/mol. The molecule has 0 fully saturated rings. The minimum atomic E-state index is -0.483. The lowest BCUT2D eigenvalue weighted by atomic mass is 9.68. The van der Waals surface area contributed by atoms with E-state index in [-0.39, 0.29) is 0 Å². The van der Waals surface area contributed by atoms with Crippen LogP contribution in [0.2, 0.25) is 0 Å². The minimum Gasteiger partial charge on any atom is -0.310 e. The molecule has 0 bridgehead atoms. The molecule has 1 aliphatic carbocycles. The first kappa shape index (κ1) is 35.0. The number of nitrogens with zero attached hydrogens (tertiary/aromatic N) is 2. The van der Waals surface area contributed by atoms with E-state index in [1.165, 1.54) is 77.2 Å². The van der Waals surface area contributed by atoms with Gasteiger partial charge in [-0.05, 0) is 92.9 Å². The van der Waals surface area contributed by atoms with E-state index in [4.69, 9.17) is 0 Å². The van der Waals surface area contributed by atoms with Crippen LogP contribution in [0.15, 0.2) is 243 Å². The van der Waals surface area contributed by atoms with Gasteiger partial charge in [-0.1, -0.05) is 194 Å². The van der Waals surface area contributed by atoms with Gasteiger partial charge in [0.2, 0.25) is 0 Å². The standard InChI is InChI=1S/C59H40N2/c1-4-22-44(23-5-1)59(45-24-6-2-7-25-45)52-32-14-12-31-51(52)58-53(59)33-18-36-56(58)61-55-34-15-13-30-49(55)50-38-37-43(40-57(50)61)42-21-16-28-47(39-42)60(46-26-8-3-9-27-46)54-35-17-20-41-19-10-11-29-48(41)54/h1-40H. The summed E-state index contributed by atoms with van der Waals surface area (Å²) in [4.78, 5) is 2.39. The first-order chi connectivity index (χ1) is 30.3. The normalized spacial score (nSPS) is 12.7. The van der Waals surface area contributed by atoms with Gasteiger partial charge in [0.05, 0.1) is 27.8 Å². The quantitative estimate of drug-likeness (QED) is 0.156. The van der Waals surface area contributed by atoms with Gasteiger partial charge in [-0.3, -0.25) is 0 Å². The van der Waals surface area contributed by atoms with Crippen molar-refractivity contribution in [3.05, 3.63) is 265 Å². The van der Waals surface area contributed by atoms with Gasteiger partial charge in [0, 0.05) is 33.1 Å². The van der Waals surface area contributed by atoms with E-state index in [2.05, 4.69) is 252 Å². The van der Waals surface area contributed by atoms with Gasteiger partial charge in [-0.25, -0.2) is 0 Å². The smallest absolute Gasteiger partial charge is 0.0714 e. The van der Waals surface area contributed by atoms with Gasteiger partial charge >= 0.3 is 0 Å². The molecule has 12 rings (SSSR count). The van der Waals surface area contributed by atoms with Crippen LogP contribution < -0.4 is 4.90 Å². The Balaban J connectivity index is 1.08. The highest BCUT2D eigenvalue weighted by Crippen LogP contribution is 2.58. The maximum Gasteiger partial charge on any atom is 0.0714 e. The average molecular weight is 777 g/mol. The zero-order valence-electron chi connectivity index (χ0n) is 33.5. The molecule has 0 saturated carbocycles. The number of fused-ring (bicyclic) bond motifs is 7. The molecular formula is C59H40N2. The molecule has 286 valence electrons. The minimum absolute atomic E-state index is 0.483. The molecule has 1 aromatic heterocycles. The lowest BCUT2D eigenvalue weighted by molar-refractivity contribution is 0.768. The van der Waals surface area contributed by atoms with Crippen molar-refractivity contribution in [2.24, 2.45) is 0 Å². The highest BCUT2D eigenvalue weighted by Gasteiger charge is 2.47. The van der Waals surface area contributed by atoms with Crippen molar-refractivity contribution in [2.45, 2.75) is 5.41 Å². The number of anilines is 3. The van der Waals surface area contributed by atoms with Gasteiger partial charge in [0.15, 0.2) is 0 Å². The van der Waals surface area contributed by atoms with Gasteiger partial charge in [0.1, 0.15) is 0 Å². The molecule has 0 atom stereocenters. The molecule has 1 heterocycles. The van der Waals surface area contributed by atoms with Crippen molar-refractivity contribution in [1.29, 1.82) is 0 Å². The molecule has 0 radical (unpaired) electrons. The molecule has 10 aromatic carbocycles. The number of aromatic nitrogens is 1. The zero-order chi connectivity index (χ0) is 40.3. The second kappa shape index (κ2) is 14.1. The average Bonchev–Trinajstić information content (AvgIpc) is 3.83. The van der Waals surface area contributed by atoms with Crippen LogP contribution in [0.25, 0.3) is 60.5 Å². The summed E-state index contributed by atoms with van der Waals surface area (Å²) in [6, 6.07) is 89.0. The monoisotopic (exact) mass is 776 g/mol. The largest absolute Gasteiger partial charge is 0.310 e. The fraction of sp³-hybridized carbons (Fsp3) is 0.0169. The fourth-order valence-corrected chi connectivity index (χ4v) is 10.3. The molecular weight excluding hydrogens is 737 g/mol. The Hall–Kier alpha value is -7.94. The van der Waals surface area contributed by atoms with Crippen molar-refractivity contribution >= 4 is 49.6 Å². The molecule has 0 N–H and O–H groups in total. The molecule has 1 aliphatic rings. The molecule has 11 aromatic rings. The topological polar surface area (TPSA) is 8.17 Å². The van der Waals surface area contributed by atoms with E-state index in [9.17, 15) is 0 Å². The van der Waals surface area contributed by atoms with Crippen molar-refractivity contribution in [3.63, 3.8) is 0 Å². The number of para-hydroxylation sites is 2. The summed E-state index contributed by atoms with van der Waals surface area (Å²) in [5.74, 6) is 0. The number of benzene rings is 10. The van der Waals surface area contributed by atoms with E-state index in [0.29, 0.717) is 0 Å². The number of hydrogen-bond acceptors (Lipinski definition) is 1. The molecule has 0 amide bonds. The molecule has 0 saturated heterocycles. The second-order valence-corrected chi connectivity index (χ2v) is 16.0. The van der Waals surface area contributed by atoms with Crippen LogP contribution in [-0.2, 0) is 5.41 Å². The Kier molecular flexibility index (Phi) is 8.11. The van der Waals surface area contributed by atoms with Crippen molar-refractivity contribution in [3.8, 4) is 27.9 Å². The Morgan fingerprint density at radius 2 is 0.934 bits per heavy atom. The lowest BCUT2D eigenvalue weighted by Crippen LogP contribution is -2.28. The molecule has 0 aliphatic heterocycles. The van der Waals surface area contributed by atoms with E-state index in [1.54, 1.807) is 0 Å². The van der Waals surface area contributed by atoms with Crippen LogP contribution in [0, 0.1) is 0 Å². The second-order valence-electron chi connectivity index (χ2n) is 16.0. The van der Waals surface area contributed by atoms with Crippen LogP contribution in [0.1, 0.15) is 22.3 Å². The summed E-state index contributed by atoms with van der Waals surface area (Å²) in [5, 5.41) is 4.91. The summed E-state index contributed by atoms with van der Waals surface area (Å²) in [6.45, 7) is 0. The zero-order valence-corrected chi connectivity index (χ0v) is 33.5. The fourth-order valence-electron chi connectivity index (χ4n) is 10.3. The summed E-state index contributed by atoms with van der Waals surface area (Å²) in [7, 11) is 0. The maximum atomic E-state index is 2.52. The van der Waals surface area contributed by atoms with Crippen LogP contribution in [-0.4, -0.2) is 4.57 Å². The van der Waals surface area contributed by atoms with Crippen LogP contribution >= 0.6 is 0 Å². The highest BCUT2D eigenvalue weighted by atomic mass is 15.1. The number of rotatable bonds is 7. The van der Waals surface area contributed by atoms with Crippen LogP contribution in [0.3, 0.4) is 0 Å². The molecule has 2 nitrogen and oxygen atoms in total. The van der Waals surface area contributed by atoms with Gasteiger partial charge < -0.3 is 9.47 Å². The highest BCUT2D eigenvalue weighted by molar-refractivity contribution is 6.11. The van der Waals surface area contributed by atoms with E-state index in [1.807, 2.05) is 0 Å². The molecule has 0 unspecified atom stereocenters. The lowest BCUT2D eigenvalue weighted by Gasteiger charge is -2.34. The van der Waals surface area contributed by atoms with Crippen LogP contribution in [0.4, 0.5) is 17.1 Å². The summed E-state index contributed by atoms with van der Waals surface area (Å²) < 4.78 is 2.52. The SMILES string of the molecule is c1ccc(N(c2cccc(-c3ccc4c5ccccc5n(-c5cccc6c5-c5ccccc5C6(c5ccccc5)c5ccccc5)c4c3)c2)c2cccc3ccccc23)cc1. The third-order valence-electron chi connectivity index (χ3n) is 12.8. The number of hydrogen-bond donors (Lipinski definition) is 0. The molecule has 0 spiro atoms. The Morgan fingerprint density at radius 1 is 0.361 bits per heavy atom. The van der Waals surface area contributed by atoms with Crippen LogP contribution in [0.5, 0.6) is 0 Å². The molecule has 2 heteroatoms. The van der Waals surface area contributed by atoms with Crippen molar-refractivity contribution in [2.75, 3.05) is 4.90 Å². The van der Waals surface area contributed by atoms with E-state index >= 15 is 0 Å². The first-order valence-corrected chi connectivity index (χ1v) is 21.1. The molecule has 61 heavy (non-hydrogen) atoms. The third kappa shape index (κ3) is 5.36. The van der Waals surface area contributed by atoms with Crippen molar-refractivity contribution < 1.29 is 0 Å².